The zero-order valence-electron chi connectivity index (χ0n) is 12.0. The molecule has 0 heterocycles. The first-order valence-electron chi connectivity index (χ1n) is 7.77. The third-order valence-corrected chi connectivity index (χ3v) is 5.77. The second-order valence-electron chi connectivity index (χ2n) is 6.22. The Morgan fingerprint density at radius 3 is 2.63 bits per heavy atom. The van der Waals surface area contributed by atoms with E-state index in [1.807, 2.05) is 0 Å². The Morgan fingerprint density at radius 1 is 1.16 bits per heavy atom. The van der Waals surface area contributed by atoms with E-state index in [-0.39, 0.29) is 0 Å². The van der Waals surface area contributed by atoms with Crippen LogP contribution in [-0.4, -0.2) is 11.8 Å². The molecule has 19 heavy (non-hydrogen) atoms. The van der Waals surface area contributed by atoms with E-state index in [0.717, 1.165) is 18.5 Å². The predicted molar refractivity (Wildman–Crippen MR) is 83.7 cm³/mol. The van der Waals surface area contributed by atoms with Crippen LogP contribution in [0.3, 0.4) is 0 Å². The molecule has 104 valence electrons. The molecule has 0 aromatic heterocycles. The molecule has 1 nitrogen and oxygen atoms in total. The molecule has 2 aliphatic rings. The van der Waals surface area contributed by atoms with Crippen LogP contribution < -0.4 is 5.32 Å². The molecule has 0 amide bonds. The van der Waals surface area contributed by atoms with Gasteiger partial charge in [0.15, 0.2) is 0 Å². The molecule has 1 aromatic rings. The molecule has 2 fully saturated rings. The minimum Gasteiger partial charge on any atom is -0.310 e. The molecule has 2 heteroatoms. The van der Waals surface area contributed by atoms with E-state index in [4.69, 9.17) is 0 Å². The molecule has 0 aliphatic heterocycles. The fourth-order valence-electron chi connectivity index (χ4n) is 2.92. The fourth-order valence-corrected chi connectivity index (χ4v) is 4.12. The summed E-state index contributed by atoms with van der Waals surface area (Å²) < 4.78 is 0. The van der Waals surface area contributed by atoms with E-state index in [0.29, 0.717) is 0 Å². The van der Waals surface area contributed by atoms with Gasteiger partial charge in [0.05, 0.1) is 0 Å². The highest BCUT2D eigenvalue weighted by atomic mass is 32.2. The molecular formula is C17H25NS. The quantitative estimate of drug-likeness (QED) is 0.766. The van der Waals surface area contributed by atoms with Gasteiger partial charge < -0.3 is 5.32 Å². The number of nitrogens with one attached hydrogen (secondary N) is 1. The normalized spacial score (nSPS) is 20.1. The van der Waals surface area contributed by atoms with Crippen molar-refractivity contribution in [1.82, 2.24) is 5.32 Å². The lowest BCUT2D eigenvalue weighted by atomic mass is 10.1. The Labute approximate surface area is 121 Å². The summed E-state index contributed by atoms with van der Waals surface area (Å²) in [5.74, 6) is 2.29. The maximum atomic E-state index is 3.59. The van der Waals surface area contributed by atoms with Gasteiger partial charge in [-0.2, -0.15) is 0 Å². The van der Waals surface area contributed by atoms with Gasteiger partial charge in [0.2, 0.25) is 0 Å². The van der Waals surface area contributed by atoms with Crippen molar-refractivity contribution in [3.8, 4) is 0 Å². The predicted octanol–water partition coefficient (Wildman–Crippen LogP) is 4.53. The van der Waals surface area contributed by atoms with Crippen molar-refractivity contribution < 1.29 is 0 Å². The van der Waals surface area contributed by atoms with Crippen molar-refractivity contribution in [2.24, 2.45) is 5.92 Å². The highest BCUT2D eigenvalue weighted by Crippen LogP contribution is 2.32. The molecule has 0 atom stereocenters. The molecule has 3 rings (SSSR count). The standard InChI is InChI=1S/C17H25NS/c1-13-10-15(11-18-16-7-8-16)6-9-17(13)19-12-14-4-2-3-5-14/h6,9-10,14,16,18H,2-5,7-8,11-12H2,1H3. The second-order valence-corrected chi connectivity index (χ2v) is 7.28. The smallest absolute Gasteiger partial charge is 0.0208 e. The Kier molecular flexibility index (Phi) is 4.49. The van der Waals surface area contributed by atoms with Crippen molar-refractivity contribution in [2.75, 3.05) is 5.75 Å². The van der Waals surface area contributed by atoms with Crippen molar-refractivity contribution in [1.29, 1.82) is 0 Å². The van der Waals surface area contributed by atoms with Gasteiger partial charge in [0.1, 0.15) is 0 Å². The molecule has 0 saturated heterocycles. The largest absolute Gasteiger partial charge is 0.310 e. The zero-order valence-corrected chi connectivity index (χ0v) is 12.8. The minimum absolute atomic E-state index is 0.803. The Morgan fingerprint density at radius 2 is 1.95 bits per heavy atom. The van der Waals surface area contributed by atoms with Crippen LogP contribution in [0, 0.1) is 12.8 Å². The summed E-state index contributed by atoms with van der Waals surface area (Å²) >= 11 is 2.07. The number of rotatable bonds is 6. The molecule has 1 aromatic carbocycles. The van der Waals surface area contributed by atoms with Crippen molar-refractivity contribution >= 4 is 11.8 Å². The van der Waals surface area contributed by atoms with Gasteiger partial charge in [0, 0.05) is 23.2 Å². The average Bonchev–Trinajstić information content (AvgIpc) is 3.10. The van der Waals surface area contributed by atoms with Crippen LogP contribution in [0.5, 0.6) is 0 Å². The monoisotopic (exact) mass is 275 g/mol. The van der Waals surface area contributed by atoms with Gasteiger partial charge in [0.25, 0.3) is 0 Å². The molecule has 1 N–H and O–H groups in total. The summed E-state index contributed by atoms with van der Waals surface area (Å²) in [6.07, 6.45) is 8.56. The SMILES string of the molecule is Cc1cc(CNC2CC2)ccc1SCC1CCCC1. The lowest BCUT2D eigenvalue weighted by Gasteiger charge is -2.12. The van der Waals surface area contributed by atoms with Crippen LogP contribution in [0.4, 0.5) is 0 Å². The van der Waals surface area contributed by atoms with Gasteiger partial charge in [-0.25, -0.2) is 0 Å². The first kappa shape index (κ1) is 13.5. The topological polar surface area (TPSA) is 12.0 Å². The molecule has 0 bridgehead atoms. The first-order chi connectivity index (χ1) is 9.31. The minimum atomic E-state index is 0.803. The summed E-state index contributed by atoms with van der Waals surface area (Å²) in [7, 11) is 0. The summed E-state index contributed by atoms with van der Waals surface area (Å²) in [5.41, 5.74) is 2.90. The second kappa shape index (κ2) is 6.32. The van der Waals surface area contributed by atoms with E-state index in [1.54, 1.807) is 0 Å². The van der Waals surface area contributed by atoms with Crippen LogP contribution in [-0.2, 0) is 6.54 Å². The maximum Gasteiger partial charge on any atom is 0.0208 e. The van der Waals surface area contributed by atoms with Gasteiger partial charge in [-0.05, 0) is 55.7 Å². The lowest BCUT2D eigenvalue weighted by Crippen LogP contribution is -2.15. The third kappa shape index (κ3) is 4.00. The summed E-state index contributed by atoms with van der Waals surface area (Å²) in [5, 5.41) is 3.59. The van der Waals surface area contributed by atoms with E-state index in [9.17, 15) is 0 Å². The molecule has 2 saturated carbocycles. The van der Waals surface area contributed by atoms with Gasteiger partial charge >= 0.3 is 0 Å². The zero-order chi connectivity index (χ0) is 13.1. The van der Waals surface area contributed by atoms with Crippen LogP contribution in [0.1, 0.15) is 49.7 Å². The van der Waals surface area contributed by atoms with Crippen LogP contribution in [0.15, 0.2) is 23.1 Å². The van der Waals surface area contributed by atoms with E-state index in [1.165, 1.54) is 60.3 Å². The summed E-state index contributed by atoms with van der Waals surface area (Å²) in [6.45, 7) is 3.30. The van der Waals surface area contributed by atoms with Crippen LogP contribution in [0.2, 0.25) is 0 Å². The lowest BCUT2D eigenvalue weighted by molar-refractivity contribution is 0.623. The van der Waals surface area contributed by atoms with Crippen molar-refractivity contribution in [3.63, 3.8) is 0 Å². The maximum absolute atomic E-state index is 3.59. The number of hydrogen-bond donors (Lipinski definition) is 1. The van der Waals surface area contributed by atoms with Gasteiger partial charge in [-0.1, -0.05) is 25.0 Å². The fraction of sp³-hybridized carbons (Fsp3) is 0.647. The Balaban J connectivity index is 1.52. The highest BCUT2D eigenvalue weighted by Gasteiger charge is 2.20. The van der Waals surface area contributed by atoms with E-state index in [2.05, 4.69) is 42.2 Å². The van der Waals surface area contributed by atoms with Crippen molar-refractivity contribution in [3.05, 3.63) is 29.3 Å². The van der Waals surface area contributed by atoms with Crippen molar-refractivity contribution in [2.45, 2.75) is 62.9 Å². The molecule has 2 aliphatic carbocycles. The number of thioether (sulfide) groups is 1. The molecule has 0 spiro atoms. The molecule has 0 radical (unpaired) electrons. The number of hydrogen-bond acceptors (Lipinski definition) is 2. The summed E-state index contributed by atoms with van der Waals surface area (Å²) in [6, 6.07) is 7.81. The van der Waals surface area contributed by atoms with Crippen LogP contribution >= 0.6 is 11.8 Å². The Bertz CT molecular complexity index is 419. The number of aryl methyl sites for hydroxylation is 1. The Hall–Kier alpha value is -0.470. The van der Waals surface area contributed by atoms with E-state index < -0.39 is 0 Å². The third-order valence-electron chi connectivity index (χ3n) is 4.36. The average molecular weight is 275 g/mol. The van der Waals surface area contributed by atoms with Gasteiger partial charge in [-0.15, -0.1) is 11.8 Å². The first-order valence-corrected chi connectivity index (χ1v) is 8.75. The molecular weight excluding hydrogens is 250 g/mol. The van der Waals surface area contributed by atoms with E-state index >= 15 is 0 Å². The highest BCUT2D eigenvalue weighted by molar-refractivity contribution is 7.99. The molecule has 0 unspecified atom stereocenters. The van der Waals surface area contributed by atoms with Gasteiger partial charge in [-0.3, -0.25) is 0 Å². The number of benzene rings is 1. The summed E-state index contributed by atoms with van der Waals surface area (Å²) in [4.78, 5) is 1.49. The van der Waals surface area contributed by atoms with Crippen LogP contribution in [0.25, 0.3) is 0 Å².